The minimum absolute atomic E-state index is 0.171. The molecule has 2 aliphatic rings. The van der Waals surface area contributed by atoms with E-state index in [2.05, 4.69) is 26.0 Å². The van der Waals surface area contributed by atoms with Crippen LogP contribution in [-0.4, -0.2) is 142 Å². The van der Waals surface area contributed by atoms with Gasteiger partial charge in [-0.15, -0.1) is 0 Å². The number of unbranched alkanes of at least 4 members (excludes halogenated alkanes) is 29. The minimum Gasteiger partial charge on any atom is -0.462 e. The highest BCUT2D eigenvalue weighted by atomic mass is 16.7. The second-order valence-corrected chi connectivity index (χ2v) is 20.1. The van der Waals surface area contributed by atoms with Gasteiger partial charge in [-0.05, 0) is 38.5 Å². The van der Waals surface area contributed by atoms with Crippen molar-refractivity contribution in [3.8, 4) is 0 Å². The zero-order chi connectivity index (χ0) is 51.0. The number of allylic oxidation sites excluding steroid dienone is 2. The summed E-state index contributed by atoms with van der Waals surface area (Å²) >= 11 is 0. The Hall–Kier alpha value is -1.76. The van der Waals surface area contributed by atoms with Gasteiger partial charge in [-0.25, -0.2) is 0 Å². The minimum atomic E-state index is -1.76. The molecule has 0 aromatic carbocycles. The molecule has 0 bridgehead atoms. The molecule has 2 rings (SSSR count). The monoisotopic (exact) mass is 1000 g/mol. The molecule has 15 heteroatoms. The predicted octanol–water partition coefficient (Wildman–Crippen LogP) is 8.94. The van der Waals surface area contributed by atoms with E-state index in [-0.39, 0.29) is 26.1 Å². The molecule has 2 heterocycles. The number of rotatable bonds is 45. The lowest BCUT2D eigenvalue weighted by Crippen LogP contribution is -2.61. The van der Waals surface area contributed by atoms with E-state index in [0.29, 0.717) is 12.8 Å². The van der Waals surface area contributed by atoms with Gasteiger partial charge >= 0.3 is 11.9 Å². The average molecular weight is 1000 g/mol. The second-order valence-electron chi connectivity index (χ2n) is 20.1. The molecule has 0 saturated carbocycles. The summed E-state index contributed by atoms with van der Waals surface area (Å²) in [6.45, 7) is 2.63. The van der Waals surface area contributed by atoms with Crippen LogP contribution in [0, 0.1) is 0 Å². The third kappa shape index (κ3) is 29.8. The SMILES string of the molecule is CCCCCCCC/C=C/CCCCCCCCCCCC(=O)OC[C@@H](CO[C@@H]1O[C@H](CO[C@@H]2O[C@H](CO)[C@H](O)C(O)C2O)[C@H](O)C(O)C1O)OC(=O)CCCCCCCCCCCCCCCCC. The summed E-state index contributed by atoms with van der Waals surface area (Å²) in [6.07, 6.45) is 26.6. The topological polar surface area (TPSA) is 231 Å². The van der Waals surface area contributed by atoms with Gasteiger partial charge in [0.05, 0.1) is 19.8 Å². The second kappa shape index (κ2) is 42.6. The van der Waals surface area contributed by atoms with Crippen LogP contribution in [0.1, 0.15) is 232 Å². The Morgan fingerprint density at radius 2 is 0.814 bits per heavy atom. The highest BCUT2D eigenvalue weighted by molar-refractivity contribution is 5.70. The molecule has 412 valence electrons. The Morgan fingerprint density at radius 3 is 1.26 bits per heavy atom. The molecule has 70 heavy (non-hydrogen) atoms. The molecule has 4 unspecified atom stereocenters. The van der Waals surface area contributed by atoms with Crippen molar-refractivity contribution >= 4 is 11.9 Å². The molecule has 11 atom stereocenters. The molecule has 0 aromatic heterocycles. The molecule has 0 radical (unpaired) electrons. The highest BCUT2D eigenvalue weighted by Gasteiger charge is 2.47. The Labute approximate surface area is 422 Å². The van der Waals surface area contributed by atoms with E-state index in [1.165, 1.54) is 154 Å². The fraction of sp³-hybridized carbons (Fsp3) is 0.927. The van der Waals surface area contributed by atoms with Gasteiger partial charge in [0.15, 0.2) is 18.7 Å². The first-order valence-corrected chi connectivity index (χ1v) is 28.3. The van der Waals surface area contributed by atoms with E-state index in [9.17, 15) is 45.3 Å². The number of esters is 2. The van der Waals surface area contributed by atoms with Crippen LogP contribution in [0.2, 0.25) is 0 Å². The number of hydrogen-bond acceptors (Lipinski definition) is 15. The van der Waals surface area contributed by atoms with Crippen LogP contribution in [0.3, 0.4) is 0 Å². The van der Waals surface area contributed by atoms with Gasteiger partial charge in [-0.1, -0.05) is 193 Å². The molecule has 2 saturated heterocycles. The number of ether oxygens (including phenoxy) is 6. The largest absolute Gasteiger partial charge is 0.462 e. The van der Waals surface area contributed by atoms with Crippen molar-refractivity contribution < 1.29 is 73.8 Å². The summed E-state index contributed by atoms with van der Waals surface area (Å²) < 4.78 is 33.7. The smallest absolute Gasteiger partial charge is 0.306 e. The van der Waals surface area contributed by atoms with Crippen molar-refractivity contribution in [2.75, 3.05) is 26.4 Å². The van der Waals surface area contributed by atoms with Crippen LogP contribution in [0.15, 0.2) is 12.2 Å². The predicted molar refractivity (Wildman–Crippen MR) is 271 cm³/mol. The maximum Gasteiger partial charge on any atom is 0.306 e. The van der Waals surface area contributed by atoms with E-state index < -0.39 is 92.7 Å². The fourth-order valence-corrected chi connectivity index (χ4v) is 9.10. The first kappa shape index (κ1) is 64.4. The van der Waals surface area contributed by atoms with Gasteiger partial charge in [0.25, 0.3) is 0 Å². The number of aliphatic hydroxyl groups is 7. The first-order chi connectivity index (χ1) is 34.0. The van der Waals surface area contributed by atoms with Gasteiger partial charge in [0, 0.05) is 12.8 Å². The normalized spacial score (nSPS) is 25.4. The van der Waals surface area contributed by atoms with Crippen molar-refractivity contribution in [2.45, 2.75) is 300 Å². The lowest BCUT2D eigenvalue weighted by molar-refractivity contribution is -0.332. The third-order valence-electron chi connectivity index (χ3n) is 13.7. The van der Waals surface area contributed by atoms with E-state index in [4.69, 9.17) is 28.4 Å². The number of carbonyl (C=O) groups excluding carboxylic acids is 2. The van der Waals surface area contributed by atoms with Gasteiger partial charge in [-0.3, -0.25) is 9.59 Å². The van der Waals surface area contributed by atoms with E-state index in [0.717, 1.165) is 38.5 Å². The zero-order valence-electron chi connectivity index (χ0n) is 43.8. The standard InChI is InChI=1S/C55H102O15/c1-3-5-7-9-11-13-15-17-19-20-21-22-24-25-27-29-31-33-35-37-46(57)65-40-43(68-47(58)38-36-34-32-30-28-26-23-18-16-14-12-10-8-6-4-2)41-66-54-53(64)51(62)49(60)45(70-54)42-67-55-52(63)50(61)48(59)44(39-56)69-55/h17,19,43-45,48-56,59-64H,3-16,18,20-42H2,1-2H3/b19-17+/t43-,44+,45+,48-,49-,50?,51?,52?,53?,54+,55+/m0/s1. The molecule has 7 N–H and O–H groups in total. The van der Waals surface area contributed by atoms with Crippen LogP contribution in [0.4, 0.5) is 0 Å². The van der Waals surface area contributed by atoms with Crippen molar-refractivity contribution in [1.82, 2.24) is 0 Å². The Kier molecular flexibility index (Phi) is 39.1. The number of carbonyl (C=O) groups is 2. The summed E-state index contributed by atoms with van der Waals surface area (Å²) in [5.41, 5.74) is 0. The third-order valence-corrected chi connectivity index (χ3v) is 13.7. The fourth-order valence-electron chi connectivity index (χ4n) is 9.10. The summed E-state index contributed by atoms with van der Waals surface area (Å²) in [5.74, 6) is -0.913. The average Bonchev–Trinajstić information content (AvgIpc) is 3.35. The lowest BCUT2D eigenvalue weighted by Gasteiger charge is -2.42. The van der Waals surface area contributed by atoms with Crippen LogP contribution in [0.5, 0.6) is 0 Å². The van der Waals surface area contributed by atoms with Crippen molar-refractivity contribution in [1.29, 1.82) is 0 Å². The molecule has 0 spiro atoms. The maximum atomic E-state index is 13.0. The molecule has 2 aliphatic heterocycles. The molecule has 0 aromatic rings. The van der Waals surface area contributed by atoms with Crippen LogP contribution < -0.4 is 0 Å². The van der Waals surface area contributed by atoms with Crippen molar-refractivity contribution in [3.05, 3.63) is 12.2 Å². The molecule has 0 aliphatic carbocycles. The van der Waals surface area contributed by atoms with Gasteiger partial charge in [0.2, 0.25) is 0 Å². The van der Waals surface area contributed by atoms with Crippen LogP contribution in [0.25, 0.3) is 0 Å². The van der Waals surface area contributed by atoms with E-state index in [1.807, 2.05) is 0 Å². The summed E-state index contributed by atoms with van der Waals surface area (Å²) in [7, 11) is 0. The molecular weight excluding hydrogens is 901 g/mol. The first-order valence-electron chi connectivity index (χ1n) is 28.3. The summed E-state index contributed by atoms with van der Waals surface area (Å²) in [6, 6.07) is 0. The molecule has 2 fully saturated rings. The van der Waals surface area contributed by atoms with Crippen LogP contribution in [-0.2, 0) is 38.0 Å². The summed E-state index contributed by atoms with van der Waals surface area (Å²) in [5, 5.41) is 72.2. The Bertz CT molecular complexity index is 1270. The van der Waals surface area contributed by atoms with Gasteiger partial charge in [-0.2, -0.15) is 0 Å². The summed E-state index contributed by atoms with van der Waals surface area (Å²) in [4.78, 5) is 25.8. The van der Waals surface area contributed by atoms with Crippen LogP contribution >= 0.6 is 0 Å². The quantitative estimate of drug-likeness (QED) is 0.0172. The van der Waals surface area contributed by atoms with E-state index >= 15 is 0 Å². The Balaban J connectivity index is 1.76. The van der Waals surface area contributed by atoms with E-state index in [1.54, 1.807) is 0 Å². The highest BCUT2D eigenvalue weighted by Crippen LogP contribution is 2.27. The lowest BCUT2D eigenvalue weighted by atomic mass is 9.98. The maximum absolute atomic E-state index is 13.0. The molecule has 15 nitrogen and oxygen atoms in total. The zero-order valence-corrected chi connectivity index (χ0v) is 43.8. The van der Waals surface area contributed by atoms with Crippen molar-refractivity contribution in [3.63, 3.8) is 0 Å². The molecular formula is C55H102O15. The van der Waals surface area contributed by atoms with Gasteiger partial charge < -0.3 is 64.2 Å². The Morgan fingerprint density at radius 1 is 0.443 bits per heavy atom. The van der Waals surface area contributed by atoms with Crippen molar-refractivity contribution in [2.24, 2.45) is 0 Å². The van der Waals surface area contributed by atoms with Gasteiger partial charge in [0.1, 0.15) is 55.4 Å². The number of hydrogen-bond donors (Lipinski definition) is 7. The molecule has 0 amide bonds. The number of aliphatic hydroxyl groups excluding tert-OH is 7.